The number of halogens is 1. The summed E-state index contributed by atoms with van der Waals surface area (Å²) in [5.74, 6) is 1.56. The molecule has 0 aromatic heterocycles. The van der Waals surface area contributed by atoms with E-state index in [2.05, 4.69) is 0 Å². The van der Waals surface area contributed by atoms with Gasteiger partial charge in [-0.25, -0.2) is 0 Å². The Morgan fingerprint density at radius 3 is 2.73 bits per heavy atom. The Labute approximate surface area is 94.9 Å². The second-order valence-electron chi connectivity index (χ2n) is 3.30. The molecule has 5 heteroatoms. The van der Waals surface area contributed by atoms with Gasteiger partial charge in [0.05, 0.1) is 0 Å². The van der Waals surface area contributed by atoms with E-state index in [9.17, 15) is 0 Å². The van der Waals surface area contributed by atoms with Gasteiger partial charge in [-0.15, -0.1) is 12.4 Å². The van der Waals surface area contributed by atoms with E-state index >= 15 is 0 Å². The number of benzene rings is 1. The number of fused-ring (bicyclic) bond motifs is 1. The molecule has 1 aliphatic rings. The average Bonchev–Trinajstić information content (AvgIpc) is 2.64. The third kappa shape index (κ3) is 2.53. The van der Waals surface area contributed by atoms with E-state index < -0.39 is 0 Å². The van der Waals surface area contributed by atoms with Crippen LogP contribution in [0.15, 0.2) is 18.2 Å². The van der Waals surface area contributed by atoms with Gasteiger partial charge in [0.1, 0.15) is 0 Å². The van der Waals surface area contributed by atoms with E-state index in [0.717, 1.165) is 23.5 Å². The van der Waals surface area contributed by atoms with Crippen LogP contribution >= 0.6 is 12.4 Å². The molecule has 84 valence electrons. The van der Waals surface area contributed by atoms with Crippen molar-refractivity contribution in [1.29, 1.82) is 0 Å². The van der Waals surface area contributed by atoms with E-state index in [1.54, 1.807) is 0 Å². The molecule has 1 heterocycles. The standard InChI is InChI=1S/C10H14N2O2.ClH/c11-4-3-8(12)7-1-2-9-10(5-7)14-6-13-9;/h1-2,5,8H,3-4,6,11-12H2;1H/t8-;/m0./s1. The maximum atomic E-state index is 5.92. The number of nitrogens with two attached hydrogens (primary N) is 2. The zero-order chi connectivity index (χ0) is 9.97. The van der Waals surface area contributed by atoms with Gasteiger partial charge in [-0.1, -0.05) is 6.07 Å². The molecule has 4 nitrogen and oxygen atoms in total. The second kappa shape index (κ2) is 5.21. The number of hydrogen-bond acceptors (Lipinski definition) is 4. The molecule has 0 saturated heterocycles. The highest BCUT2D eigenvalue weighted by molar-refractivity contribution is 5.85. The topological polar surface area (TPSA) is 70.5 Å². The Balaban J connectivity index is 0.00000112. The Morgan fingerprint density at radius 2 is 2.00 bits per heavy atom. The van der Waals surface area contributed by atoms with Crippen molar-refractivity contribution in [3.05, 3.63) is 23.8 Å². The van der Waals surface area contributed by atoms with Crippen molar-refractivity contribution in [3.8, 4) is 11.5 Å². The van der Waals surface area contributed by atoms with E-state index in [0.29, 0.717) is 13.3 Å². The summed E-state index contributed by atoms with van der Waals surface area (Å²) in [6.45, 7) is 0.889. The first-order valence-electron chi connectivity index (χ1n) is 4.66. The maximum absolute atomic E-state index is 5.92. The van der Waals surface area contributed by atoms with Crippen LogP contribution in [0, 0.1) is 0 Å². The zero-order valence-electron chi connectivity index (χ0n) is 8.31. The zero-order valence-corrected chi connectivity index (χ0v) is 9.13. The Hall–Kier alpha value is -0.970. The summed E-state index contributed by atoms with van der Waals surface area (Å²) in [5.41, 5.74) is 12.4. The normalized spacial score (nSPS) is 14.5. The van der Waals surface area contributed by atoms with E-state index in [1.165, 1.54) is 0 Å². The van der Waals surface area contributed by atoms with Crippen molar-refractivity contribution >= 4 is 12.4 Å². The first-order chi connectivity index (χ1) is 6.81. The highest BCUT2D eigenvalue weighted by atomic mass is 35.5. The number of hydrogen-bond donors (Lipinski definition) is 2. The smallest absolute Gasteiger partial charge is 0.231 e. The largest absolute Gasteiger partial charge is 0.454 e. The molecule has 1 aromatic carbocycles. The Kier molecular flexibility index (Phi) is 4.20. The lowest BCUT2D eigenvalue weighted by Crippen LogP contribution is -2.15. The molecule has 0 unspecified atom stereocenters. The summed E-state index contributed by atoms with van der Waals surface area (Å²) in [4.78, 5) is 0. The van der Waals surface area contributed by atoms with Gasteiger partial charge in [0.2, 0.25) is 6.79 Å². The van der Waals surface area contributed by atoms with Crippen LogP contribution in [0.5, 0.6) is 11.5 Å². The predicted octanol–water partition coefficient (Wildman–Crippen LogP) is 1.19. The highest BCUT2D eigenvalue weighted by Crippen LogP contribution is 2.34. The Morgan fingerprint density at radius 1 is 1.27 bits per heavy atom. The fraction of sp³-hybridized carbons (Fsp3) is 0.400. The van der Waals surface area contributed by atoms with Crippen LogP contribution < -0.4 is 20.9 Å². The molecule has 0 bridgehead atoms. The maximum Gasteiger partial charge on any atom is 0.231 e. The van der Waals surface area contributed by atoms with Crippen LogP contribution in [0.1, 0.15) is 18.0 Å². The monoisotopic (exact) mass is 230 g/mol. The van der Waals surface area contributed by atoms with Crippen LogP contribution in [0.4, 0.5) is 0 Å². The first-order valence-corrected chi connectivity index (χ1v) is 4.66. The molecule has 0 radical (unpaired) electrons. The Bertz CT molecular complexity index is 333. The summed E-state index contributed by atoms with van der Waals surface area (Å²) < 4.78 is 10.5. The number of ether oxygens (including phenoxy) is 2. The lowest BCUT2D eigenvalue weighted by atomic mass is 10.0. The first kappa shape index (κ1) is 12.1. The molecular formula is C10H15ClN2O2. The minimum Gasteiger partial charge on any atom is -0.454 e. The van der Waals surface area contributed by atoms with Crippen LogP contribution in [0.3, 0.4) is 0 Å². The number of rotatable bonds is 3. The van der Waals surface area contributed by atoms with Crippen molar-refractivity contribution < 1.29 is 9.47 Å². The van der Waals surface area contributed by atoms with Crippen LogP contribution in [0.25, 0.3) is 0 Å². The summed E-state index contributed by atoms with van der Waals surface area (Å²) >= 11 is 0. The van der Waals surface area contributed by atoms with Crippen molar-refractivity contribution in [2.45, 2.75) is 12.5 Å². The van der Waals surface area contributed by atoms with E-state index in [4.69, 9.17) is 20.9 Å². The van der Waals surface area contributed by atoms with E-state index in [-0.39, 0.29) is 18.4 Å². The molecule has 1 aromatic rings. The lowest BCUT2D eigenvalue weighted by Gasteiger charge is -2.10. The van der Waals surface area contributed by atoms with Gasteiger partial charge in [-0.3, -0.25) is 0 Å². The minimum absolute atomic E-state index is 0. The third-order valence-corrected chi connectivity index (χ3v) is 2.30. The fourth-order valence-electron chi connectivity index (χ4n) is 1.49. The molecule has 0 saturated carbocycles. The summed E-state index contributed by atoms with van der Waals surface area (Å²) in [6.07, 6.45) is 0.777. The summed E-state index contributed by atoms with van der Waals surface area (Å²) in [7, 11) is 0. The highest BCUT2D eigenvalue weighted by Gasteiger charge is 2.15. The van der Waals surface area contributed by atoms with Gasteiger partial charge >= 0.3 is 0 Å². The molecule has 15 heavy (non-hydrogen) atoms. The molecule has 0 fully saturated rings. The minimum atomic E-state index is -0.0190. The van der Waals surface area contributed by atoms with Gasteiger partial charge in [0.25, 0.3) is 0 Å². The van der Waals surface area contributed by atoms with Gasteiger partial charge in [0, 0.05) is 6.04 Å². The van der Waals surface area contributed by atoms with E-state index in [1.807, 2.05) is 18.2 Å². The average molecular weight is 231 g/mol. The van der Waals surface area contributed by atoms with Crippen molar-refractivity contribution in [3.63, 3.8) is 0 Å². The third-order valence-electron chi connectivity index (χ3n) is 2.30. The second-order valence-corrected chi connectivity index (χ2v) is 3.30. The predicted molar refractivity (Wildman–Crippen MR) is 60.4 cm³/mol. The van der Waals surface area contributed by atoms with Gasteiger partial charge in [0.15, 0.2) is 11.5 Å². The van der Waals surface area contributed by atoms with Crippen LogP contribution in [0.2, 0.25) is 0 Å². The SMILES string of the molecule is Cl.NCC[C@H](N)c1ccc2c(c1)OCO2. The molecule has 2 rings (SSSR count). The van der Waals surface area contributed by atoms with Crippen molar-refractivity contribution in [2.75, 3.05) is 13.3 Å². The van der Waals surface area contributed by atoms with Gasteiger partial charge < -0.3 is 20.9 Å². The lowest BCUT2D eigenvalue weighted by molar-refractivity contribution is 0.174. The van der Waals surface area contributed by atoms with Crippen molar-refractivity contribution in [2.24, 2.45) is 11.5 Å². The van der Waals surface area contributed by atoms with Gasteiger partial charge in [-0.05, 0) is 30.7 Å². The molecule has 1 aliphatic heterocycles. The van der Waals surface area contributed by atoms with Crippen LogP contribution in [-0.4, -0.2) is 13.3 Å². The molecule has 1 atom stereocenters. The summed E-state index contributed by atoms with van der Waals surface area (Å²) in [5, 5.41) is 0. The van der Waals surface area contributed by atoms with Gasteiger partial charge in [-0.2, -0.15) is 0 Å². The molecule has 0 spiro atoms. The molecular weight excluding hydrogens is 216 g/mol. The quantitative estimate of drug-likeness (QED) is 0.818. The molecule has 4 N–H and O–H groups in total. The van der Waals surface area contributed by atoms with Crippen LogP contribution in [-0.2, 0) is 0 Å². The van der Waals surface area contributed by atoms with Crippen molar-refractivity contribution in [1.82, 2.24) is 0 Å². The molecule has 0 amide bonds. The fourth-order valence-corrected chi connectivity index (χ4v) is 1.49. The summed E-state index contributed by atoms with van der Waals surface area (Å²) in [6, 6.07) is 5.74. The molecule has 0 aliphatic carbocycles.